The first-order valence-corrected chi connectivity index (χ1v) is 27.1. The number of rotatable bonds is 13. The van der Waals surface area contributed by atoms with E-state index in [1.807, 2.05) is 77.4 Å². The van der Waals surface area contributed by atoms with Crippen LogP contribution in [0.2, 0.25) is 36.3 Å². The molecule has 6 aromatic rings. The Morgan fingerprint density at radius 1 is 0.758 bits per heavy atom. The molecule has 11 nitrogen and oxygen atoms in total. The summed E-state index contributed by atoms with van der Waals surface area (Å²) in [4.78, 5) is 28.3. The highest BCUT2D eigenvalue weighted by molar-refractivity contribution is 6.74. The van der Waals surface area contributed by atoms with E-state index in [-0.39, 0.29) is 28.4 Å². The Balaban J connectivity index is 1.68. The molecule has 4 atom stereocenters. The summed E-state index contributed by atoms with van der Waals surface area (Å²) >= 11 is 0. The van der Waals surface area contributed by atoms with Gasteiger partial charge in [0.05, 0.1) is 25.5 Å². The number of ether oxygens (including phenoxy) is 2. The summed E-state index contributed by atoms with van der Waals surface area (Å²) in [5.74, 6) is 0.538. The van der Waals surface area contributed by atoms with Crippen LogP contribution in [0, 0.1) is 0 Å². The van der Waals surface area contributed by atoms with Crippen molar-refractivity contribution in [2.45, 2.75) is 107 Å². The molecule has 2 aromatic heterocycles. The predicted octanol–water partition coefficient (Wildman–Crippen LogP) is 9.95. The zero-order chi connectivity index (χ0) is 44.7. The van der Waals surface area contributed by atoms with E-state index >= 15 is 0 Å². The Morgan fingerprint density at radius 2 is 1.31 bits per heavy atom. The molecule has 7 rings (SSSR count). The van der Waals surface area contributed by atoms with E-state index in [1.165, 1.54) is 6.33 Å². The van der Waals surface area contributed by atoms with Crippen molar-refractivity contribution in [3.05, 3.63) is 150 Å². The smallest absolute Gasteiger partial charge is 0.256 e. The van der Waals surface area contributed by atoms with Crippen LogP contribution in [-0.2, 0) is 24.7 Å². The van der Waals surface area contributed by atoms with E-state index in [2.05, 4.69) is 108 Å². The summed E-state index contributed by atoms with van der Waals surface area (Å²) in [5.41, 5.74) is 0.818. The van der Waals surface area contributed by atoms with Gasteiger partial charge in [-0.2, -0.15) is 0 Å². The molecule has 3 heterocycles. The van der Waals surface area contributed by atoms with Gasteiger partial charge in [0.25, 0.3) is 5.91 Å². The van der Waals surface area contributed by atoms with Crippen LogP contribution in [0.4, 0.5) is 5.82 Å². The first-order valence-electron chi connectivity index (χ1n) is 21.3. The molecular formula is C49H61N5O6Si2. The number of aliphatic hydroxyl groups is 1. The lowest BCUT2D eigenvalue weighted by molar-refractivity contribution is -0.172. The summed E-state index contributed by atoms with van der Waals surface area (Å²) in [6.45, 7) is 21.8. The Bertz CT molecular complexity index is 2450. The lowest BCUT2D eigenvalue weighted by atomic mass is 9.60. The van der Waals surface area contributed by atoms with Crippen LogP contribution in [0.5, 0.6) is 5.75 Å². The van der Waals surface area contributed by atoms with E-state index in [9.17, 15) is 9.90 Å². The molecule has 0 saturated carbocycles. The van der Waals surface area contributed by atoms with Gasteiger partial charge in [-0.05, 0) is 77.2 Å². The number of nitrogens with one attached hydrogen (secondary N) is 1. The van der Waals surface area contributed by atoms with Gasteiger partial charge in [-0.15, -0.1) is 0 Å². The van der Waals surface area contributed by atoms with Gasteiger partial charge < -0.3 is 28.7 Å². The number of aromatic nitrogens is 4. The Labute approximate surface area is 368 Å². The third kappa shape index (κ3) is 7.73. The number of benzene rings is 4. The Kier molecular flexibility index (Phi) is 12.3. The first kappa shape index (κ1) is 45.0. The van der Waals surface area contributed by atoms with Crippen molar-refractivity contribution < 1.29 is 28.2 Å². The van der Waals surface area contributed by atoms with Gasteiger partial charge in [0, 0.05) is 5.56 Å². The predicted molar refractivity (Wildman–Crippen MR) is 250 cm³/mol. The first-order chi connectivity index (χ1) is 29.3. The van der Waals surface area contributed by atoms with Crippen molar-refractivity contribution in [3.63, 3.8) is 0 Å². The fourth-order valence-electron chi connectivity index (χ4n) is 8.19. The molecule has 13 heteroatoms. The van der Waals surface area contributed by atoms with Crippen LogP contribution < -0.4 is 10.1 Å². The molecular weight excluding hydrogens is 811 g/mol. The molecule has 0 unspecified atom stereocenters. The van der Waals surface area contributed by atoms with Gasteiger partial charge in [-0.1, -0.05) is 133 Å². The molecule has 0 aliphatic carbocycles. The van der Waals surface area contributed by atoms with Gasteiger partial charge in [0.1, 0.15) is 30.4 Å². The zero-order valence-electron chi connectivity index (χ0n) is 37.8. The number of hydrogen-bond donors (Lipinski definition) is 2. The molecule has 1 amide bonds. The maximum atomic E-state index is 13.7. The van der Waals surface area contributed by atoms with E-state index < -0.39 is 46.1 Å². The number of methoxy groups -OCH3 is 1. The largest absolute Gasteiger partial charge is 0.497 e. The second-order valence-corrected chi connectivity index (χ2v) is 28.7. The molecule has 1 saturated heterocycles. The van der Waals surface area contributed by atoms with Crippen molar-refractivity contribution in [2.75, 3.05) is 19.0 Å². The number of fused-ring (bicyclic) bond motifs is 1. The average molecular weight is 872 g/mol. The second-order valence-electron chi connectivity index (χ2n) is 19.2. The number of imidazole rings is 1. The maximum absolute atomic E-state index is 13.7. The minimum Gasteiger partial charge on any atom is -0.497 e. The topological polar surface area (TPSA) is 130 Å². The quantitative estimate of drug-likeness (QED) is 0.0861. The molecule has 1 aliphatic heterocycles. The number of amides is 1. The second kappa shape index (κ2) is 16.9. The van der Waals surface area contributed by atoms with Crippen LogP contribution >= 0.6 is 0 Å². The number of anilines is 1. The molecule has 0 radical (unpaired) electrons. The van der Waals surface area contributed by atoms with Gasteiger partial charge >= 0.3 is 0 Å². The van der Waals surface area contributed by atoms with Crippen molar-refractivity contribution in [1.29, 1.82) is 0 Å². The van der Waals surface area contributed by atoms with E-state index in [4.69, 9.17) is 28.3 Å². The third-order valence-corrected chi connectivity index (χ3v) is 22.4. The Morgan fingerprint density at radius 3 is 1.85 bits per heavy atom. The van der Waals surface area contributed by atoms with Crippen LogP contribution in [0.3, 0.4) is 0 Å². The summed E-state index contributed by atoms with van der Waals surface area (Å²) in [5, 5.41) is 14.3. The molecule has 326 valence electrons. The number of aliphatic hydroxyl groups excluding tert-OH is 1. The van der Waals surface area contributed by atoms with E-state index in [1.54, 1.807) is 25.6 Å². The van der Waals surface area contributed by atoms with Crippen molar-refractivity contribution in [1.82, 2.24) is 19.5 Å². The van der Waals surface area contributed by atoms with E-state index in [0.717, 1.165) is 16.7 Å². The summed E-state index contributed by atoms with van der Waals surface area (Å²) < 4.78 is 31.3. The molecule has 0 bridgehead atoms. The fraction of sp³-hybridized carbons (Fsp3) is 0.388. The average Bonchev–Trinajstić information content (AvgIpc) is 3.81. The lowest BCUT2D eigenvalue weighted by Crippen LogP contribution is -2.65. The highest BCUT2D eigenvalue weighted by Crippen LogP contribution is 2.61. The normalized spacial score (nSPS) is 20.0. The highest BCUT2D eigenvalue weighted by atomic mass is 28.4. The number of carbonyl (C=O) groups excluding carboxylic acids is 1. The van der Waals surface area contributed by atoms with Crippen molar-refractivity contribution >= 4 is 39.5 Å². The molecule has 1 fully saturated rings. The van der Waals surface area contributed by atoms with Crippen LogP contribution in [0.25, 0.3) is 11.2 Å². The fourth-order valence-corrected chi connectivity index (χ4v) is 10.8. The molecule has 1 aliphatic rings. The van der Waals surface area contributed by atoms with E-state index in [0.29, 0.717) is 22.5 Å². The number of nitrogens with zero attached hydrogens (tertiary/aromatic N) is 4. The lowest BCUT2D eigenvalue weighted by Gasteiger charge is -2.54. The monoisotopic (exact) mass is 871 g/mol. The Hall–Kier alpha value is -5.03. The van der Waals surface area contributed by atoms with Gasteiger partial charge in [-0.25, -0.2) is 15.0 Å². The maximum Gasteiger partial charge on any atom is 0.256 e. The molecule has 2 N–H and O–H groups in total. The minimum absolute atomic E-state index is 0.205. The summed E-state index contributed by atoms with van der Waals surface area (Å²) in [7, 11) is -3.77. The van der Waals surface area contributed by atoms with Crippen LogP contribution in [0.1, 0.15) is 68.6 Å². The minimum atomic E-state index is -2.79. The van der Waals surface area contributed by atoms with Gasteiger partial charge in [0.2, 0.25) is 0 Å². The SMILES string of the molecule is COc1cccc(C(c2ccccc2)(c2ccccc2)[C@@]2(n3cnc4c(NC(=O)c5ccccc5)ncnc43)O[C@H](CO)[C@@H](O[Si](C)(C)C(C)(C)C)[C@H]2O[Si](C)(C)C(C)(C)C)c1. The van der Waals surface area contributed by atoms with Crippen molar-refractivity contribution in [2.24, 2.45) is 0 Å². The third-order valence-electron chi connectivity index (χ3n) is 13.4. The van der Waals surface area contributed by atoms with Gasteiger partial charge in [-0.3, -0.25) is 9.36 Å². The number of carbonyl (C=O) groups is 1. The number of hydrogen-bond acceptors (Lipinski definition) is 9. The standard InChI is InChI=1S/C49H61N5O6Si2/c1-46(2,3)61(8,9)59-41-39(31-55)58-49(42(41)60-62(10,11)47(4,5)6,54-33-52-40-43(50-32-51-44(40)54)53-45(56)34-22-15-12-16-23-34)48(35-24-17-13-18-25-35,36-26-19-14-20-27-36)37-28-21-29-38(30-37)57-7/h12-30,32-33,39,41-42,55H,31H2,1-11H3,(H,50,51,53,56)/t39-,41-,42-,49+/m1/s1. The molecule has 4 aromatic carbocycles. The summed E-state index contributed by atoms with van der Waals surface area (Å²) in [6, 6.07) is 37.6. The highest BCUT2D eigenvalue weighted by Gasteiger charge is 2.71. The summed E-state index contributed by atoms with van der Waals surface area (Å²) in [6.07, 6.45) is 0.579. The molecule has 62 heavy (non-hydrogen) atoms. The molecule has 0 spiro atoms. The van der Waals surface area contributed by atoms with Gasteiger partial charge in [0.15, 0.2) is 39.3 Å². The van der Waals surface area contributed by atoms with Crippen LogP contribution in [-0.4, -0.2) is 79.2 Å². The zero-order valence-corrected chi connectivity index (χ0v) is 39.8. The van der Waals surface area contributed by atoms with Crippen molar-refractivity contribution in [3.8, 4) is 5.75 Å². The van der Waals surface area contributed by atoms with Crippen LogP contribution in [0.15, 0.2) is 128 Å².